The first kappa shape index (κ1) is 14.9. The van der Waals surface area contributed by atoms with Gasteiger partial charge < -0.3 is 10.4 Å². The van der Waals surface area contributed by atoms with Gasteiger partial charge in [0.2, 0.25) is 0 Å². The van der Waals surface area contributed by atoms with Crippen LogP contribution in [-0.4, -0.2) is 44.2 Å². The Hall–Kier alpha value is -0.130. The van der Waals surface area contributed by atoms with Gasteiger partial charge in [-0.15, -0.1) is 0 Å². The summed E-state index contributed by atoms with van der Waals surface area (Å²) < 4.78 is 23.7. The zero-order valence-electron chi connectivity index (χ0n) is 10.7. The van der Waals surface area contributed by atoms with E-state index < -0.39 is 15.9 Å². The molecule has 0 radical (unpaired) electrons. The number of sulfone groups is 1. The van der Waals surface area contributed by atoms with E-state index in [-0.39, 0.29) is 11.5 Å². The van der Waals surface area contributed by atoms with E-state index in [9.17, 15) is 13.5 Å². The Balaban J connectivity index is 2.27. The first-order valence-corrected chi connectivity index (χ1v) is 8.45. The molecule has 1 saturated carbocycles. The second-order valence-corrected chi connectivity index (χ2v) is 7.24. The topological polar surface area (TPSA) is 66.4 Å². The molecule has 1 rings (SSSR count). The normalized spacial score (nSPS) is 19.6. The van der Waals surface area contributed by atoms with Crippen molar-refractivity contribution in [2.75, 3.05) is 24.6 Å². The minimum atomic E-state index is -3.09. The fourth-order valence-electron chi connectivity index (χ4n) is 2.40. The smallest absolute Gasteiger partial charge is 0.153 e. The standard InChI is InChI=1S/C12H25NO3S/c1-2-7-13-8-12(14)10-17(15,16)9-11-5-3-4-6-11/h11-14H,2-10H2,1H3. The number of rotatable bonds is 8. The molecule has 0 aromatic rings. The second kappa shape index (κ2) is 7.34. The van der Waals surface area contributed by atoms with Gasteiger partial charge in [0.25, 0.3) is 0 Å². The third kappa shape index (κ3) is 6.38. The monoisotopic (exact) mass is 263 g/mol. The lowest BCUT2D eigenvalue weighted by molar-refractivity contribution is 0.193. The van der Waals surface area contributed by atoms with E-state index in [0.29, 0.717) is 12.5 Å². The molecule has 0 heterocycles. The molecule has 0 aromatic carbocycles. The van der Waals surface area contributed by atoms with Crippen LogP contribution in [0.4, 0.5) is 0 Å². The van der Waals surface area contributed by atoms with Gasteiger partial charge in [-0.2, -0.15) is 0 Å². The van der Waals surface area contributed by atoms with Crippen molar-refractivity contribution in [1.29, 1.82) is 0 Å². The summed E-state index contributed by atoms with van der Waals surface area (Å²) in [5.74, 6) is 0.494. The summed E-state index contributed by atoms with van der Waals surface area (Å²) in [4.78, 5) is 0. The van der Waals surface area contributed by atoms with Crippen molar-refractivity contribution < 1.29 is 13.5 Å². The number of nitrogens with one attached hydrogen (secondary N) is 1. The van der Waals surface area contributed by atoms with Crippen LogP contribution >= 0.6 is 0 Å². The largest absolute Gasteiger partial charge is 0.391 e. The van der Waals surface area contributed by atoms with E-state index in [2.05, 4.69) is 5.32 Å². The molecular formula is C12H25NO3S. The number of aliphatic hydroxyl groups excluding tert-OH is 1. The third-order valence-electron chi connectivity index (χ3n) is 3.22. The number of aliphatic hydroxyl groups is 1. The van der Waals surface area contributed by atoms with E-state index >= 15 is 0 Å². The molecule has 0 bridgehead atoms. The summed E-state index contributed by atoms with van der Waals surface area (Å²) >= 11 is 0. The van der Waals surface area contributed by atoms with Crippen molar-refractivity contribution in [3.05, 3.63) is 0 Å². The Morgan fingerprint density at radius 2 is 2.00 bits per heavy atom. The van der Waals surface area contributed by atoms with Gasteiger partial charge in [0.05, 0.1) is 17.6 Å². The maximum absolute atomic E-state index is 11.8. The van der Waals surface area contributed by atoms with E-state index in [0.717, 1.165) is 38.6 Å². The Labute approximate surface area is 105 Å². The molecule has 1 fully saturated rings. The lowest BCUT2D eigenvalue weighted by Gasteiger charge is -2.14. The van der Waals surface area contributed by atoms with E-state index in [1.807, 2.05) is 6.92 Å². The van der Waals surface area contributed by atoms with Gasteiger partial charge in [-0.05, 0) is 31.7 Å². The molecule has 102 valence electrons. The van der Waals surface area contributed by atoms with Gasteiger partial charge >= 0.3 is 0 Å². The molecule has 4 nitrogen and oxygen atoms in total. The van der Waals surface area contributed by atoms with Crippen LogP contribution in [0.3, 0.4) is 0 Å². The fourth-order valence-corrected chi connectivity index (χ4v) is 4.29. The van der Waals surface area contributed by atoms with Crippen molar-refractivity contribution in [1.82, 2.24) is 5.32 Å². The molecule has 1 unspecified atom stereocenters. The Bertz CT molecular complexity index is 297. The zero-order valence-corrected chi connectivity index (χ0v) is 11.5. The summed E-state index contributed by atoms with van der Waals surface area (Å²) in [6.45, 7) is 3.23. The van der Waals surface area contributed by atoms with Crippen LogP contribution in [0, 0.1) is 5.92 Å². The quantitative estimate of drug-likeness (QED) is 0.640. The summed E-state index contributed by atoms with van der Waals surface area (Å²) in [5, 5.41) is 12.7. The molecular weight excluding hydrogens is 238 g/mol. The van der Waals surface area contributed by atoms with Crippen molar-refractivity contribution in [2.45, 2.75) is 45.1 Å². The summed E-state index contributed by atoms with van der Waals surface area (Å²) in [6, 6.07) is 0. The van der Waals surface area contributed by atoms with E-state index in [1.165, 1.54) is 0 Å². The van der Waals surface area contributed by atoms with Crippen LogP contribution in [0.25, 0.3) is 0 Å². The van der Waals surface area contributed by atoms with Crippen molar-refractivity contribution in [3.8, 4) is 0 Å². The second-order valence-electron chi connectivity index (χ2n) is 5.09. The SMILES string of the molecule is CCCNCC(O)CS(=O)(=O)CC1CCCC1. The highest BCUT2D eigenvalue weighted by molar-refractivity contribution is 7.91. The lowest BCUT2D eigenvalue weighted by atomic mass is 10.1. The predicted octanol–water partition coefficient (Wildman–Crippen LogP) is 0.952. The van der Waals surface area contributed by atoms with Gasteiger partial charge in [0.1, 0.15) is 0 Å². The molecule has 1 atom stereocenters. The predicted molar refractivity (Wildman–Crippen MR) is 69.8 cm³/mol. The average Bonchev–Trinajstić information content (AvgIpc) is 2.69. The maximum atomic E-state index is 11.8. The Morgan fingerprint density at radius 1 is 1.35 bits per heavy atom. The Kier molecular flexibility index (Phi) is 6.44. The van der Waals surface area contributed by atoms with E-state index in [4.69, 9.17) is 0 Å². The summed E-state index contributed by atoms with van der Waals surface area (Å²) in [5.41, 5.74) is 0. The highest BCUT2D eigenvalue weighted by Gasteiger charge is 2.24. The van der Waals surface area contributed by atoms with Gasteiger partial charge in [0.15, 0.2) is 9.84 Å². The first-order chi connectivity index (χ1) is 8.03. The van der Waals surface area contributed by atoms with Gasteiger partial charge in [0, 0.05) is 6.54 Å². The molecule has 17 heavy (non-hydrogen) atoms. The molecule has 1 aliphatic carbocycles. The van der Waals surface area contributed by atoms with Crippen LogP contribution in [0.1, 0.15) is 39.0 Å². The fraction of sp³-hybridized carbons (Fsp3) is 1.00. The van der Waals surface area contributed by atoms with Crippen molar-refractivity contribution in [3.63, 3.8) is 0 Å². The average molecular weight is 263 g/mol. The van der Waals surface area contributed by atoms with Gasteiger partial charge in [-0.1, -0.05) is 19.8 Å². The molecule has 1 aliphatic rings. The highest BCUT2D eigenvalue weighted by atomic mass is 32.2. The highest BCUT2D eigenvalue weighted by Crippen LogP contribution is 2.26. The van der Waals surface area contributed by atoms with E-state index in [1.54, 1.807) is 0 Å². The molecule has 2 N–H and O–H groups in total. The Morgan fingerprint density at radius 3 is 2.59 bits per heavy atom. The van der Waals surface area contributed by atoms with Crippen LogP contribution in [0.15, 0.2) is 0 Å². The first-order valence-electron chi connectivity index (χ1n) is 6.62. The summed E-state index contributed by atoms with van der Waals surface area (Å²) in [6.07, 6.45) is 4.59. The summed E-state index contributed by atoms with van der Waals surface area (Å²) in [7, 11) is -3.09. The van der Waals surface area contributed by atoms with Crippen molar-refractivity contribution >= 4 is 9.84 Å². The molecule has 0 saturated heterocycles. The molecule has 0 aliphatic heterocycles. The molecule has 0 amide bonds. The molecule has 5 heteroatoms. The van der Waals surface area contributed by atoms with Gasteiger partial charge in [-0.3, -0.25) is 0 Å². The third-order valence-corrected chi connectivity index (χ3v) is 5.09. The van der Waals surface area contributed by atoms with Crippen LogP contribution in [-0.2, 0) is 9.84 Å². The molecule has 0 aromatic heterocycles. The van der Waals surface area contributed by atoms with Crippen molar-refractivity contribution in [2.24, 2.45) is 5.92 Å². The minimum Gasteiger partial charge on any atom is -0.391 e. The van der Waals surface area contributed by atoms with Crippen LogP contribution in [0.2, 0.25) is 0 Å². The molecule has 0 spiro atoms. The van der Waals surface area contributed by atoms with Crippen LogP contribution in [0.5, 0.6) is 0 Å². The minimum absolute atomic E-state index is 0.0970. The zero-order chi connectivity index (χ0) is 12.7. The lowest BCUT2D eigenvalue weighted by Crippen LogP contribution is -2.34. The van der Waals surface area contributed by atoms with Gasteiger partial charge in [-0.25, -0.2) is 8.42 Å². The number of hydrogen-bond donors (Lipinski definition) is 2. The van der Waals surface area contributed by atoms with Crippen LogP contribution < -0.4 is 5.32 Å². The maximum Gasteiger partial charge on any atom is 0.153 e. The number of hydrogen-bond acceptors (Lipinski definition) is 4.